The van der Waals surface area contributed by atoms with Gasteiger partial charge >= 0.3 is 6.18 Å². The second kappa shape index (κ2) is 11.8. The third-order valence-corrected chi connectivity index (χ3v) is 8.54. The molecule has 6 nitrogen and oxygen atoms in total. The van der Waals surface area contributed by atoms with Gasteiger partial charge in [0, 0.05) is 43.4 Å². The van der Waals surface area contributed by atoms with Crippen molar-refractivity contribution in [1.29, 1.82) is 0 Å². The summed E-state index contributed by atoms with van der Waals surface area (Å²) in [5, 5.41) is 0.398. The molecule has 1 saturated heterocycles. The number of anilines is 1. The zero-order valence-electron chi connectivity index (χ0n) is 20.4. The number of sulfonamides is 1. The number of alkyl halides is 3. The minimum Gasteiger partial charge on any atom is -0.368 e. The Bertz CT molecular complexity index is 1350. The van der Waals surface area contributed by atoms with Crippen molar-refractivity contribution in [1.82, 2.24) is 9.21 Å². The van der Waals surface area contributed by atoms with E-state index in [0.29, 0.717) is 30.2 Å². The van der Waals surface area contributed by atoms with E-state index in [-0.39, 0.29) is 37.0 Å². The Kier molecular flexibility index (Phi) is 8.64. The first-order chi connectivity index (χ1) is 18.0. The molecule has 1 aliphatic rings. The third kappa shape index (κ3) is 6.86. The number of piperazine rings is 1. The van der Waals surface area contributed by atoms with Gasteiger partial charge < -0.3 is 9.80 Å². The average Bonchev–Trinajstić information content (AvgIpc) is 2.91. The van der Waals surface area contributed by atoms with E-state index in [1.807, 2.05) is 30.3 Å². The van der Waals surface area contributed by atoms with Crippen LogP contribution in [0.15, 0.2) is 83.8 Å². The molecule has 0 unspecified atom stereocenters. The molecule has 1 amide bonds. The van der Waals surface area contributed by atoms with Gasteiger partial charge in [-0.1, -0.05) is 48.0 Å². The number of hydrogen-bond donors (Lipinski definition) is 0. The minimum absolute atomic E-state index is 0.0390. The standard InChI is InChI=1S/C27H27ClF3N3O3S/c28-23-9-11-25(12-10-23)38(36,37)34(14-13-21-5-2-1-3-6-21)20-26(35)33-17-15-32(16-18-33)24-8-4-7-22(19-24)27(29,30)31/h1-12,19H,13-18,20H2. The topological polar surface area (TPSA) is 60.9 Å². The first-order valence-corrected chi connectivity index (χ1v) is 13.9. The molecule has 1 heterocycles. The summed E-state index contributed by atoms with van der Waals surface area (Å²) in [6.45, 7) is 0.958. The highest BCUT2D eigenvalue weighted by atomic mass is 35.5. The molecule has 3 aromatic rings. The molecular formula is C27H27ClF3N3O3S. The lowest BCUT2D eigenvalue weighted by molar-refractivity contribution is -0.137. The molecule has 0 atom stereocenters. The lowest BCUT2D eigenvalue weighted by Crippen LogP contribution is -2.52. The predicted octanol–water partition coefficient (Wildman–Crippen LogP) is 4.94. The molecular weight excluding hydrogens is 539 g/mol. The number of carbonyl (C=O) groups is 1. The summed E-state index contributed by atoms with van der Waals surface area (Å²) < 4.78 is 67.4. The van der Waals surface area contributed by atoms with Gasteiger partial charge in [0.15, 0.2) is 0 Å². The maximum absolute atomic E-state index is 13.4. The van der Waals surface area contributed by atoms with Crippen LogP contribution in [0.4, 0.5) is 18.9 Å². The van der Waals surface area contributed by atoms with E-state index in [2.05, 4.69) is 0 Å². The van der Waals surface area contributed by atoms with Crippen molar-refractivity contribution in [3.8, 4) is 0 Å². The van der Waals surface area contributed by atoms with Crippen LogP contribution in [0.5, 0.6) is 0 Å². The highest BCUT2D eigenvalue weighted by Gasteiger charge is 2.32. The fourth-order valence-corrected chi connectivity index (χ4v) is 5.80. The van der Waals surface area contributed by atoms with Gasteiger partial charge in [-0.05, 0) is 54.4 Å². The fraction of sp³-hybridized carbons (Fsp3) is 0.296. The van der Waals surface area contributed by atoms with Crippen LogP contribution in [0.2, 0.25) is 5.02 Å². The van der Waals surface area contributed by atoms with Crippen molar-refractivity contribution < 1.29 is 26.4 Å². The van der Waals surface area contributed by atoms with Crippen LogP contribution >= 0.6 is 11.6 Å². The van der Waals surface area contributed by atoms with Gasteiger partial charge in [-0.3, -0.25) is 4.79 Å². The van der Waals surface area contributed by atoms with Crippen LogP contribution in [0.1, 0.15) is 11.1 Å². The van der Waals surface area contributed by atoms with Crippen LogP contribution in [0.25, 0.3) is 0 Å². The summed E-state index contributed by atoms with van der Waals surface area (Å²) in [4.78, 5) is 16.6. The molecule has 0 radical (unpaired) electrons. The molecule has 0 saturated carbocycles. The zero-order chi connectivity index (χ0) is 27.3. The Morgan fingerprint density at radius 2 is 1.55 bits per heavy atom. The Labute approximate surface area is 225 Å². The van der Waals surface area contributed by atoms with Gasteiger partial charge in [0.2, 0.25) is 15.9 Å². The van der Waals surface area contributed by atoms with Crippen LogP contribution < -0.4 is 4.90 Å². The van der Waals surface area contributed by atoms with Gasteiger partial charge in [-0.2, -0.15) is 17.5 Å². The molecule has 38 heavy (non-hydrogen) atoms. The summed E-state index contributed by atoms with van der Waals surface area (Å²) in [6, 6.07) is 20.3. The van der Waals surface area contributed by atoms with Crippen molar-refractivity contribution >= 4 is 33.2 Å². The molecule has 1 aliphatic heterocycles. The van der Waals surface area contributed by atoms with Crippen molar-refractivity contribution in [2.24, 2.45) is 0 Å². The van der Waals surface area contributed by atoms with Crippen LogP contribution in [0, 0.1) is 0 Å². The van der Waals surface area contributed by atoms with Crippen LogP contribution in [-0.2, 0) is 27.4 Å². The first-order valence-electron chi connectivity index (χ1n) is 12.0. The summed E-state index contributed by atoms with van der Waals surface area (Å²) in [5.41, 5.74) is 0.641. The molecule has 3 aromatic carbocycles. The van der Waals surface area contributed by atoms with E-state index in [4.69, 9.17) is 11.6 Å². The molecule has 0 N–H and O–H groups in total. The largest absolute Gasteiger partial charge is 0.416 e. The Morgan fingerprint density at radius 3 is 2.18 bits per heavy atom. The van der Waals surface area contributed by atoms with Crippen molar-refractivity contribution in [3.63, 3.8) is 0 Å². The number of hydrogen-bond acceptors (Lipinski definition) is 4. The molecule has 0 aromatic heterocycles. The molecule has 0 spiro atoms. The van der Waals surface area contributed by atoms with Gasteiger partial charge in [0.05, 0.1) is 17.0 Å². The van der Waals surface area contributed by atoms with E-state index in [1.54, 1.807) is 15.9 Å². The maximum atomic E-state index is 13.4. The monoisotopic (exact) mass is 565 g/mol. The zero-order valence-corrected chi connectivity index (χ0v) is 22.0. The predicted molar refractivity (Wildman–Crippen MR) is 141 cm³/mol. The van der Waals surface area contributed by atoms with E-state index in [9.17, 15) is 26.4 Å². The summed E-state index contributed by atoms with van der Waals surface area (Å²) >= 11 is 5.93. The van der Waals surface area contributed by atoms with Gasteiger partial charge in [0.1, 0.15) is 0 Å². The number of nitrogens with zero attached hydrogens (tertiary/aromatic N) is 3. The van der Waals surface area contributed by atoms with Gasteiger partial charge in [-0.15, -0.1) is 0 Å². The Hall–Kier alpha value is -3.08. The maximum Gasteiger partial charge on any atom is 0.416 e. The molecule has 11 heteroatoms. The quantitative estimate of drug-likeness (QED) is 0.388. The molecule has 0 aliphatic carbocycles. The number of amides is 1. The lowest BCUT2D eigenvalue weighted by atomic mass is 10.1. The minimum atomic E-state index is -4.44. The van der Waals surface area contributed by atoms with Crippen LogP contribution in [0.3, 0.4) is 0 Å². The molecule has 1 fully saturated rings. The van der Waals surface area contributed by atoms with Gasteiger partial charge in [-0.25, -0.2) is 8.42 Å². The average molecular weight is 566 g/mol. The molecule has 4 rings (SSSR count). The number of rotatable bonds is 8. The highest BCUT2D eigenvalue weighted by molar-refractivity contribution is 7.89. The normalized spacial score (nSPS) is 14.7. The number of halogens is 4. The second-order valence-electron chi connectivity index (χ2n) is 8.94. The first kappa shape index (κ1) is 27.9. The lowest BCUT2D eigenvalue weighted by Gasteiger charge is -2.37. The van der Waals surface area contributed by atoms with Crippen LogP contribution in [-0.4, -0.2) is 62.8 Å². The fourth-order valence-electron chi connectivity index (χ4n) is 4.28. The summed E-state index contributed by atoms with van der Waals surface area (Å²) in [7, 11) is -3.98. The Morgan fingerprint density at radius 1 is 0.895 bits per heavy atom. The highest BCUT2D eigenvalue weighted by Crippen LogP contribution is 2.32. The SMILES string of the molecule is O=C(CN(CCc1ccccc1)S(=O)(=O)c1ccc(Cl)cc1)N1CCN(c2cccc(C(F)(F)F)c2)CC1. The van der Waals surface area contributed by atoms with Crippen molar-refractivity contribution in [2.45, 2.75) is 17.5 Å². The summed E-state index contributed by atoms with van der Waals surface area (Å²) in [5.74, 6) is -0.362. The molecule has 0 bridgehead atoms. The Balaban J connectivity index is 1.45. The van der Waals surface area contributed by atoms with E-state index >= 15 is 0 Å². The second-order valence-corrected chi connectivity index (χ2v) is 11.3. The summed E-state index contributed by atoms with van der Waals surface area (Å²) in [6.07, 6.45) is -4.02. The smallest absolute Gasteiger partial charge is 0.368 e. The molecule has 202 valence electrons. The number of benzene rings is 3. The van der Waals surface area contributed by atoms with Gasteiger partial charge in [0.25, 0.3) is 0 Å². The third-order valence-electron chi connectivity index (χ3n) is 6.43. The number of carbonyl (C=O) groups excluding carboxylic acids is 1. The van der Waals surface area contributed by atoms with E-state index in [1.165, 1.54) is 34.6 Å². The van der Waals surface area contributed by atoms with E-state index < -0.39 is 21.8 Å². The van der Waals surface area contributed by atoms with Crippen molar-refractivity contribution in [3.05, 3.63) is 95.0 Å². The van der Waals surface area contributed by atoms with E-state index in [0.717, 1.165) is 17.7 Å². The van der Waals surface area contributed by atoms with Crippen molar-refractivity contribution in [2.75, 3.05) is 44.2 Å².